The highest BCUT2D eigenvalue weighted by Crippen LogP contribution is 2.20. The third-order valence-corrected chi connectivity index (χ3v) is 2.33. The molecule has 0 saturated heterocycles. The molecule has 0 saturated carbocycles. The van der Waals surface area contributed by atoms with Gasteiger partial charge in [-0.2, -0.15) is 0 Å². The van der Waals surface area contributed by atoms with Gasteiger partial charge in [0.2, 0.25) is 0 Å². The number of aromatic hydroxyl groups is 1. The van der Waals surface area contributed by atoms with Crippen molar-refractivity contribution >= 4 is 11.6 Å². The van der Waals surface area contributed by atoms with Crippen molar-refractivity contribution in [1.82, 2.24) is 5.32 Å². The molecule has 4 nitrogen and oxygen atoms in total. The van der Waals surface area contributed by atoms with Crippen LogP contribution in [0.3, 0.4) is 0 Å². The van der Waals surface area contributed by atoms with Gasteiger partial charge in [-0.1, -0.05) is 11.6 Å². The molecule has 16 heavy (non-hydrogen) atoms. The van der Waals surface area contributed by atoms with Gasteiger partial charge < -0.3 is 20.3 Å². The molecule has 1 rings (SSSR count). The second-order valence-corrected chi connectivity index (χ2v) is 3.95. The van der Waals surface area contributed by atoms with Crippen LogP contribution in [-0.2, 0) is 11.3 Å². The summed E-state index contributed by atoms with van der Waals surface area (Å²) in [7, 11) is 1.53. The third-order valence-electron chi connectivity index (χ3n) is 2.10. The number of nitrogens with one attached hydrogen (secondary N) is 1. The number of halogens is 1. The van der Waals surface area contributed by atoms with Crippen molar-refractivity contribution < 1.29 is 14.9 Å². The number of phenolic OH excluding ortho intramolecular Hbond substituents is 1. The van der Waals surface area contributed by atoms with Gasteiger partial charge in [0.1, 0.15) is 5.75 Å². The molecule has 0 aliphatic heterocycles. The first-order valence-corrected chi connectivity index (χ1v) is 5.36. The first-order valence-electron chi connectivity index (χ1n) is 4.98. The molecule has 0 radical (unpaired) electrons. The summed E-state index contributed by atoms with van der Waals surface area (Å²) in [6.07, 6.45) is -0.550. The minimum Gasteiger partial charge on any atom is -0.508 e. The second-order valence-electron chi connectivity index (χ2n) is 3.51. The van der Waals surface area contributed by atoms with Crippen LogP contribution in [0.5, 0.6) is 5.75 Å². The number of hydrogen-bond donors (Lipinski definition) is 3. The maximum Gasteiger partial charge on any atom is 0.120 e. The van der Waals surface area contributed by atoms with Crippen molar-refractivity contribution in [3.8, 4) is 5.75 Å². The predicted octanol–water partition coefficient (Wildman–Crippen LogP) is 1.14. The van der Waals surface area contributed by atoms with Gasteiger partial charge in [-0.15, -0.1) is 0 Å². The average Bonchev–Trinajstić information content (AvgIpc) is 2.23. The second kappa shape index (κ2) is 6.70. The summed E-state index contributed by atoms with van der Waals surface area (Å²) in [5.74, 6) is 0.193. The normalized spacial score (nSPS) is 12.7. The smallest absolute Gasteiger partial charge is 0.120 e. The van der Waals surface area contributed by atoms with Crippen LogP contribution in [0.15, 0.2) is 18.2 Å². The Morgan fingerprint density at radius 1 is 1.50 bits per heavy atom. The Labute approximate surface area is 99.8 Å². The summed E-state index contributed by atoms with van der Waals surface area (Å²) in [5.41, 5.74) is 0.706. The molecular weight excluding hydrogens is 230 g/mol. The molecule has 0 fully saturated rings. The van der Waals surface area contributed by atoms with Gasteiger partial charge in [0.05, 0.1) is 12.7 Å². The number of ether oxygens (including phenoxy) is 1. The minimum absolute atomic E-state index is 0.193. The van der Waals surface area contributed by atoms with Crippen LogP contribution in [0.2, 0.25) is 5.02 Å². The fourth-order valence-corrected chi connectivity index (χ4v) is 1.52. The first-order chi connectivity index (χ1) is 7.63. The van der Waals surface area contributed by atoms with Gasteiger partial charge in [0.25, 0.3) is 0 Å². The van der Waals surface area contributed by atoms with Crippen molar-refractivity contribution in [2.24, 2.45) is 0 Å². The number of methoxy groups -OCH3 is 1. The van der Waals surface area contributed by atoms with E-state index in [0.29, 0.717) is 23.7 Å². The van der Waals surface area contributed by atoms with E-state index in [1.165, 1.54) is 7.11 Å². The zero-order valence-electron chi connectivity index (χ0n) is 9.11. The highest BCUT2D eigenvalue weighted by molar-refractivity contribution is 6.30. The average molecular weight is 246 g/mol. The maximum atomic E-state index is 9.52. The number of benzene rings is 1. The molecule has 0 spiro atoms. The fraction of sp³-hybridized carbons (Fsp3) is 0.455. The first kappa shape index (κ1) is 13.3. The van der Waals surface area contributed by atoms with Crippen LogP contribution in [0.4, 0.5) is 0 Å². The molecule has 0 aromatic heterocycles. The van der Waals surface area contributed by atoms with Crippen molar-refractivity contribution in [3.05, 3.63) is 28.8 Å². The van der Waals surface area contributed by atoms with Crippen molar-refractivity contribution in [3.63, 3.8) is 0 Å². The molecule has 90 valence electrons. The quantitative estimate of drug-likeness (QED) is 0.704. The van der Waals surface area contributed by atoms with Crippen LogP contribution in [0.1, 0.15) is 5.56 Å². The predicted molar refractivity (Wildman–Crippen MR) is 62.7 cm³/mol. The monoisotopic (exact) mass is 245 g/mol. The van der Waals surface area contributed by atoms with Gasteiger partial charge in [-0.3, -0.25) is 0 Å². The zero-order valence-corrected chi connectivity index (χ0v) is 9.87. The van der Waals surface area contributed by atoms with Gasteiger partial charge in [0, 0.05) is 30.8 Å². The van der Waals surface area contributed by atoms with E-state index < -0.39 is 6.10 Å². The number of aliphatic hydroxyl groups is 1. The summed E-state index contributed by atoms with van der Waals surface area (Å²) in [6, 6.07) is 4.86. The van der Waals surface area contributed by atoms with Crippen LogP contribution < -0.4 is 5.32 Å². The molecule has 5 heteroatoms. The molecule has 0 bridgehead atoms. The molecule has 0 aliphatic rings. The third kappa shape index (κ3) is 4.37. The van der Waals surface area contributed by atoms with E-state index in [0.717, 1.165) is 0 Å². The van der Waals surface area contributed by atoms with Crippen LogP contribution >= 0.6 is 11.6 Å². The van der Waals surface area contributed by atoms with Gasteiger partial charge in [0.15, 0.2) is 0 Å². The Kier molecular flexibility index (Phi) is 5.55. The number of rotatable bonds is 6. The standard InChI is InChI=1S/C11H16ClNO3/c1-16-7-10(14)6-13-5-8-4-9(12)2-3-11(8)15/h2-4,10,13-15H,5-7H2,1H3. The summed E-state index contributed by atoms with van der Waals surface area (Å²) in [5, 5.41) is 22.5. The number of phenols is 1. The highest BCUT2D eigenvalue weighted by atomic mass is 35.5. The van der Waals surface area contributed by atoms with Crippen molar-refractivity contribution in [1.29, 1.82) is 0 Å². The lowest BCUT2D eigenvalue weighted by Crippen LogP contribution is -2.29. The van der Waals surface area contributed by atoms with E-state index in [1.807, 2.05) is 0 Å². The molecule has 0 amide bonds. The molecule has 0 aliphatic carbocycles. The largest absolute Gasteiger partial charge is 0.508 e. The number of hydrogen-bond acceptors (Lipinski definition) is 4. The van der Waals surface area contributed by atoms with E-state index in [-0.39, 0.29) is 12.4 Å². The molecular formula is C11H16ClNO3. The summed E-state index contributed by atoms with van der Waals surface area (Å²) < 4.78 is 4.79. The Morgan fingerprint density at radius 3 is 2.94 bits per heavy atom. The van der Waals surface area contributed by atoms with Gasteiger partial charge in [-0.25, -0.2) is 0 Å². The molecule has 3 N–H and O–H groups in total. The highest BCUT2D eigenvalue weighted by Gasteiger charge is 2.05. The SMILES string of the molecule is COCC(O)CNCc1cc(Cl)ccc1O. The lowest BCUT2D eigenvalue weighted by Gasteiger charge is -2.11. The Balaban J connectivity index is 2.39. The lowest BCUT2D eigenvalue weighted by atomic mass is 10.2. The number of aliphatic hydroxyl groups excluding tert-OH is 1. The van der Waals surface area contributed by atoms with E-state index in [4.69, 9.17) is 16.3 Å². The van der Waals surface area contributed by atoms with E-state index in [1.54, 1.807) is 18.2 Å². The van der Waals surface area contributed by atoms with Crippen LogP contribution in [0, 0.1) is 0 Å². The Morgan fingerprint density at radius 2 is 2.25 bits per heavy atom. The molecule has 1 aromatic carbocycles. The summed E-state index contributed by atoms with van der Waals surface area (Å²) in [6.45, 7) is 1.14. The summed E-state index contributed by atoms with van der Waals surface area (Å²) >= 11 is 5.80. The zero-order chi connectivity index (χ0) is 12.0. The Hall–Kier alpha value is -0.810. The lowest BCUT2D eigenvalue weighted by molar-refractivity contribution is 0.0644. The molecule has 1 aromatic rings. The fourth-order valence-electron chi connectivity index (χ4n) is 1.32. The van der Waals surface area contributed by atoms with E-state index in [9.17, 15) is 10.2 Å². The van der Waals surface area contributed by atoms with Gasteiger partial charge in [-0.05, 0) is 18.2 Å². The van der Waals surface area contributed by atoms with Crippen LogP contribution in [0.25, 0.3) is 0 Å². The van der Waals surface area contributed by atoms with E-state index >= 15 is 0 Å². The molecule has 1 atom stereocenters. The van der Waals surface area contributed by atoms with Gasteiger partial charge >= 0.3 is 0 Å². The summed E-state index contributed by atoms with van der Waals surface area (Å²) in [4.78, 5) is 0. The topological polar surface area (TPSA) is 61.7 Å². The maximum absolute atomic E-state index is 9.52. The minimum atomic E-state index is -0.550. The molecule has 1 unspecified atom stereocenters. The van der Waals surface area contributed by atoms with E-state index in [2.05, 4.69) is 5.32 Å². The Bertz CT molecular complexity index is 333. The molecule has 0 heterocycles. The van der Waals surface area contributed by atoms with Crippen LogP contribution in [-0.4, -0.2) is 36.6 Å². The van der Waals surface area contributed by atoms with Crippen molar-refractivity contribution in [2.45, 2.75) is 12.6 Å². The van der Waals surface area contributed by atoms with Crippen molar-refractivity contribution in [2.75, 3.05) is 20.3 Å².